The van der Waals surface area contributed by atoms with Crippen molar-refractivity contribution in [3.05, 3.63) is 29.8 Å². The van der Waals surface area contributed by atoms with Crippen LogP contribution in [0.4, 0.5) is 0 Å². The molecule has 0 bridgehead atoms. The van der Waals surface area contributed by atoms with Crippen LogP contribution < -0.4 is 11.1 Å². The topological polar surface area (TPSA) is 55.1 Å². The molecular formula is C12H19ClN2OS. The molecule has 5 heteroatoms. The molecular weight excluding hydrogens is 256 g/mol. The lowest BCUT2D eigenvalue weighted by Crippen LogP contribution is -2.39. The summed E-state index contributed by atoms with van der Waals surface area (Å²) in [6, 6.07) is 7.93. The van der Waals surface area contributed by atoms with Gasteiger partial charge in [-0.2, -0.15) is 0 Å². The summed E-state index contributed by atoms with van der Waals surface area (Å²) in [6.45, 7) is 4.40. The number of nitrogens with one attached hydrogen (secondary N) is 1. The Morgan fingerprint density at radius 2 is 2.00 bits per heavy atom. The SMILES string of the molecule is Cc1ccc(SCCNC(=O)[C@@H](C)N)cc1.Cl. The molecule has 0 aliphatic rings. The Balaban J connectivity index is 0.00000256. The third-order valence-corrected chi connectivity index (χ3v) is 3.12. The normalized spacial score (nSPS) is 11.5. The van der Waals surface area contributed by atoms with E-state index in [9.17, 15) is 4.79 Å². The second-order valence-electron chi connectivity index (χ2n) is 3.74. The van der Waals surface area contributed by atoms with Crippen molar-refractivity contribution in [2.45, 2.75) is 24.8 Å². The van der Waals surface area contributed by atoms with Crippen LogP contribution in [0.1, 0.15) is 12.5 Å². The molecule has 0 unspecified atom stereocenters. The van der Waals surface area contributed by atoms with E-state index in [0.29, 0.717) is 6.54 Å². The van der Waals surface area contributed by atoms with Gasteiger partial charge < -0.3 is 11.1 Å². The zero-order chi connectivity index (χ0) is 12.0. The van der Waals surface area contributed by atoms with Crippen molar-refractivity contribution in [2.24, 2.45) is 5.73 Å². The lowest BCUT2D eigenvalue weighted by atomic mass is 10.2. The number of hydrogen-bond acceptors (Lipinski definition) is 3. The summed E-state index contributed by atoms with van der Waals surface area (Å²) in [5, 5.41) is 2.78. The van der Waals surface area contributed by atoms with E-state index in [1.807, 2.05) is 0 Å². The predicted octanol–water partition coefficient (Wildman–Crippen LogP) is 1.97. The molecule has 0 heterocycles. The highest BCUT2D eigenvalue weighted by molar-refractivity contribution is 7.99. The fourth-order valence-electron chi connectivity index (χ4n) is 1.14. The standard InChI is InChI=1S/C12H18N2OS.ClH/c1-9-3-5-11(6-4-9)16-8-7-14-12(15)10(2)13;/h3-6,10H,7-8,13H2,1-2H3,(H,14,15);1H/t10-;/m1./s1. The number of carbonyl (C=O) groups is 1. The summed E-state index contributed by atoms with van der Waals surface area (Å²) in [5.74, 6) is 0.770. The van der Waals surface area contributed by atoms with Crippen LogP contribution in [-0.2, 0) is 4.79 Å². The maximum atomic E-state index is 11.2. The number of hydrogen-bond donors (Lipinski definition) is 2. The van der Waals surface area contributed by atoms with E-state index in [4.69, 9.17) is 5.73 Å². The van der Waals surface area contributed by atoms with Crippen LogP contribution in [0.5, 0.6) is 0 Å². The molecule has 0 fully saturated rings. The Bertz CT molecular complexity index is 341. The van der Waals surface area contributed by atoms with Gasteiger partial charge in [0.2, 0.25) is 5.91 Å². The zero-order valence-electron chi connectivity index (χ0n) is 10.1. The Labute approximate surface area is 113 Å². The van der Waals surface area contributed by atoms with Gasteiger partial charge in [0.25, 0.3) is 0 Å². The summed E-state index contributed by atoms with van der Waals surface area (Å²) in [5.41, 5.74) is 6.69. The van der Waals surface area contributed by atoms with Crippen molar-refractivity contribution in [3.8, 4) is 0 Å². The molecule has 0 saturated heterocycles. The van der Waals surface area contributed by atoms with E-state index in [1.165, 1.54) is 10.5 Å². The predicted molar refractivity (Wildman–Crippen MR) is 75.8 cm³/mol. The van der Waals surface area contributed by atoms with Crippen molar-refractivity contribution in [3.63, 3.8) is 0 Å². The highest BCUT2D eigenvalue weighted by atomic mass is 35.5. The first-order valence-corrected chi connectivity index (χ1v) is 6.31. The van der Waals surface area contributed by atoms with E-state index in [1.54, 1.807) is 18.7 Å². The van der Waals surface area contributed by atoms with Gasteiger partial charge in [-0.25, -0.2) is 0 Å². The third kappa shape index (κ3) is 6.56. The second-order valence-corrected chi connectivity index (χ2v) is 4.91. The van der Waals surface area contributed by atoms with Crippen LogP contribution in [0.2, 0.25) is 0 Å². The molecule has 1 amide bonds. The molecule has 0 radical (unpaired) electrons. The van der Waals surface area contributed by atoms with Crippen molar-refractivity contribution in [2.75, 3.05) is 12.3 Å². The first kappa shape index (κ1) is 16.3. The Kier molecular flexibility index (Phi) is 8.04. The smallest absolute Gasteiger partial charge is 0.236 e. The van der Waals surface area contributed by atoms with Gasteiger partial charge in [0.1, 0.15) is 0 Å². The lowest BCUT2D eigenvalue weighted by molar-refractivity contribution is -0.121. The maximum Gasteiger partial charge on any atom is 0.236 e. The van der Waals surface area contributed by atoms with Gasteiger partial charge in [-0.15, -0.1) is 24.2 Å². The minimum atomic E-state index is -0.427. The van der Waals surface area contributed by atoms with Gasteiger partial charge in [-0.3, -0.25) is 4.79 Å². The fraction of sp³-hybridized carbons (Fsp3) is 0.417. The monoisotopic (exact) mass is 274 g/mol. The number of rotatable bonds is 5. The van der Waals surface area contributed by atoms with Gasteiger partial charge in [0.15, 0.2) is 0 Å². The molecule has 1 rings (SSSR count). The first-order valence-electron chi connectivity index (χ1n) is 5.32. The number of benzene rings is 1. The van der Waals surface area contributed by atoms with Crippen LogP contribution in [0.3, 0.4) is 0 Å². The minimum Gasteiger partial charge on any atom is -0.354 e. The van der Waals surface area contributed by atoms with Crippen LogP contribution in [0.25, 0.3) is 0 Å². The molecule has 1 atom stereocenters. The average molecular weight is 275 g/mol. The van der Waals surface area contributed by atoms with Crippen molar-refractivity contribution < 1.29 is 4.79 Å². The molecule has 1 aromatic carbocycles. The number of amides is 1. The van der Waals surface area contributed by atoms with Crippen LogP contribution >= 0.6 is 24.2 Å². The highest BCUT2D eigenvalue weighted by Gasteiger charge is 2.05. The summed E-state index contributed by atoms with van der Waals surface area (Å²) in [6.07, 6.45) is 0. The van der Waals surface area contributed by atoms with Crippen molar-refractivity contribution in [1.82, 2.24) is 5.32 Å². The van der Waals surface area contributed by atoms with Crippen LogP contribution in [-0.4, -0.2) is 24.2 Å². The van der Waals surface area contributed by atoms with Crippen LogP contribution in [0, 0.1) is 6.92 Å². The quantitative estimate of drug-likeness (QED) is 0.638. The van der Waals surface area contributed by atoms with Gasteiger partial charge in [-0.05, 0) is 26.0 Å². The molecule has 0 aliphatic heterocycles. The van der Waals surface area contributed by atoms with E-state index < -0.39 is 6.04 Å². The zero-order valence-corrected chi connectivity index (χ0v) is 11.7. The van der Waals surface area contributed by atoms with Crippen molar-refractivity contribution >= 4 is 30.1 Å². The Morgan fingerprint density at radius 1 is 1.41 bits per heavy atom. The van der Waals surface area contributed by atoms with Crippen LogP contribution in [0.15, 0.2) is 29.2 Å². The molecule has 96 valence electrons. The fourth-order valence-corrected chi connectivity index (χ4v) is 1.91. The van der Waals surface area contributed by atoms with E-state index in [2.05, 4.69) is 36.5 Å². The summed E-state index contributed by atoms with van der Waals surface area (Å²) >= 11 is 1.73. The van der Waals surface area contributed by atoms with E-state index in [0.717, 1.165) is 5.75 Å². The number of aryl methyl sites for hydroxylation is 1. The number of thioether (sulfide) groups is 1. The summed E-state index contributed by atoms with van der Waals surface area (Å²) in [4.78, 5) is 12.4. The van der Waals surface area contributed by atoms with E-state index >= 15 is 0 Å². The average Bonchev–Trinajstić information content (AvgIpc) is 2.26. The molecule has 0 aliphatic carbocycles. The maximum absolute atomic E-state index is 11.2. The van der Waals surface area contributed by atoms with Gasteiger partial charge in [0.05, 0.1) is 6.04 Å². The molecule has 0 saturated carbocycles. The molecule has 0 spiro atoms. The minimum absolute atomic E-state index is 0. The third-order valence-electron chi connectivity index (χ3n) is 2.10. The van der Waals surface area contributed by atoms with Gasteiger partial charge in [0, 0.05) is 17.2 Å². The molecule has 17 heavy (non-hydrogen) atoms. The second kappa shape index (κ2) is 8.39. The van der Waals surface area contributed by atoms with E-state index in [-0.39, 0.29) is 18.3 Å². The largest absolute Gasteiger partial charge is 0.354 e. The van der Waals surface area contributed by atoms with Crippen molar-refractivity contribution in [1.29, 1.82) is 0 Å². The number of nitrogens with two attached hydrogens (primary N) is 1. The molecule has 0 aromatic heterocycles. The van der Waals surface area contributed by atoms with Gasteiger partial charge >= 0.3 is 0 Å². The summed E-state index contributed by atoms with van der Waals surface area (Å²) in [7, 11) is 0. The Morgan fingerprint density at radius 3 is 2.53 bits per heavy atom. The molecule has 3 nitrogen and oxygen atoms in total. The molecule has 3 N–H and O–H groups in total. The highest BCUT2D eigenvalue weighted by Crippen LogP contribution is 2.17. The molecule has 1 aromatic rings. The van der Waals surface area contributed by atoms with Gasteiger partial charge in [-0.1, -0.05) is 17.7 Å². The summed E-state index contributed by atoms with van der Waals surface area (Å²) < 4.78 is 0. The number of halogens is 1. The Hall–Kier alpha value is -0.710. The lowest BCUT2D eigenvalue weighted by Gasteiger charge is -2.07. The number of carbonyl (C=O) groups excluding carboxylic acids is 1. The first-order chi connectivity index (χ1) is 7.59.